The maximum absolute atomic E-state index is 5.87. The molecule has 0 radical (unpaired) electrons. The Hall–Kier alpha value is -1.06. The van der Waals surface area contributed by atoms with E-state index in [1.54, 1.807) is 0 Å². The molecule has 2 rings (SSSR count). The van der Waals surface area contributed by atoms with Gasteiger partial charge in [0.15, 0.2) is 0 Å². The van der Waals surface area contributed by atoms with Crippen molar-refractivity contribution in [1.29, 1.82) is 0 Å². The standard InChI is InChI=1S/C15H23NO2/c1-12(16)9-14-3-2-4-15(10-14)18-11-13-5-7-17-8-6-13/h2-4,10,12-13H,5-9,11,16H2,1H3. The molecule has 3 heteroatoms. The number of nitrogens with two attached hydrogens (primary N) is 1. The first kappa shape index (κ1) is 13.4. The van der Waals surface area contributed by atoms with E-state index in [4.69, 9.17) is 15.2 Å². The van der Waals surface area contributed by atoms with Gasteiger partial charge in [-0.2, -0.15) is 0 Å². The van der Waals surface area contributed by atoms with Gasteiger partial charge in [0.2, 0.25) is 0 Å². The van der Waals surface area contributed by atoms with Crippen molar-refractivity contribution in [3.05, 3.63) is 29.8 Å². The van der Waals surface area contributed by atoms with Crippen LogP contribution in [0.1, 0.15) is 25.3 Å². The third kappa shape index (κ3) is 4.31. The molecule has 0 bridgehead atoms. The minimum Gasteiger partial charge on any atom is -0.493 e. The van der Waals surface area contributed by atoms with Crippen molar-refractivity contribution in [2.24, 2.45) is 11.7 Å². The molecule has 0 spiro atoms. The highest BCUT2D eigenvalue weighted by Crippen LogP contribution is 2.19. The summed E-state index contributed by atoms with van der Waals surface area (Å²) in [6.07, 6.45) is 3.12. The summed E-state index contributed by atoms with van der Waals surface area (Å²) < 4.78 is 11.2. The molecule has 0 aromatic heterocycles. The van der Waals surface area contributed by atoms with Gasteiger partial charge >= 0.3 is 0 Å². The third-order valence-corrected chi connectivity index (χ3v) is 3.28. The summed E-state index contributed by atoms with van der Waals surface area (Å²) in [4.78, 5) is 0. The van der Waals surface area contributed by atoms with Crippen molar-refractivity contribution in [3.63, 3.8) is 0 Å². The Kier molecular flexibility index (Phi) is 5.02. The summed E-state index contributed by atoms with van der Waals surface area (Å²) in [5.41, 5.74) is 7.06. The molecular weight excluding hydrogens is 226 g/mol. The molecule has 2 N–H and O–H groups in total. The Morgan fingerprint density at radius 3 is 2.89 bits per heavy atom. The van der Waals surface area contributed by atoms with Gasteiger partial charge in [-0.25, -0.2) is 0 Å². The Morgan fingerprint density at radius 2 is 2.17 bits per heavy atom. The highest BCUT2D eigenvalue weighted by atomic mass is 16.5. The van der Waals surface area contributed by atoms with Crippen LogP contribution >= 0.6 is 0 Å². The van der Waals surface area contributed by atoms with E-state index in [0.717, 1.165) is 44.8 Å². The largest absolute Gasteiger partial charge is 0.493 e. The number of ether oxygens (including phenoxy) is 2. The molecule has 1 heterocycles. The second-order valence-corrected chi connectivity index (χ2v) is 5.20. The van der Waals surface area contributed by atoms with Gasteiger partial charge in [-0.3, -0.25) is 0 Å². The fourth-order valence-electron chi connectivity index (χ4n) is 2.26. The molecule has 1 aliphatic rings. The maximum Gasteiger partial charge on any atom is 0.119 e. The number of rotatable bonds is 5. The van der Waals surface area contributed by atoms with Gasteiger partial charge in [0, 0.05) is 19.3 Å². The molecule has 1 aromatic rings. The van der Waals surface area contributed by atoms with Crippen molar-refractivity contribution < 1.29 is 9.47 Å². The lowest BCUT2D eigenvalue weighted by molar-refractivity contribution is 0.0497. The van der Waals surface area contributed by atoms with Crippen LogP contribution in [-0.4, -0.2) is 25.9 Å². The van der Waals surface area contributed by atoms with Crippen LogP contribution in [0.25, 0.3) is 0 Å². The van der Waals surface area contributed by atoms with Crippen molar-refractivity contribution in [2.75, 3.05) is 19.8 Å². The smallest absolute Gasteiger partial charge is 0.119 e. The lowest BCUT2D eigenvalue weighted by atomic mass is 10.0. The van der Waals surface area contributed by atoms with E-state index in [0.29, 0.717) is 5.92 Å². The van der Waals surface area contributed by atoms with Gasteiger partial charge in [0.25, 0.3) is 0 Å². The molecule has 1 saturated heterocycles. The van der Waals surface area contributed by atoms with E-state index in [1.165, 1.54) is 5.56 Å². The monoisotopic (exact) mass is 249 g/mol. The predicted octanol–water partition coefficient (Wildman–Crippen LogP) is 2.38. The van der Waals surface area contributed by atoms with E-state index < -0.39 is 0 Å². The van der Waals surface area contributed by atoms with Crippen molar-refractivity contribution in [1.82, 2.24) is 0 Å². The second-order valence-electron chi connectivity index (χ2n) is 5.20. The lowest BCUT2D eigenvalue weighted by Gasteiger charge is -2.22. The van der Waals surface area contributed by atoms with Crippen LogP contribution in [0.4, 0.5) is 0 Å². The molecule has 0 amide bonds. The number of hydrogen-bond acceptors (Lipinski definition) is 3. The van der Waals surface area contributed by atoms with E-state index >= 15 is 0 Å². The molecule has 1 fully saturated rings. The summed E-state index contributed by atoms with van der Waals surface area (Å²) in [6, 6.07) is 8.45. The molecule has 1 unspecified atom stereocenters. The Balaban J connectivity index is 1.84. The van der Waals surface area contributed by atoms with Gasteiger partial charge in [-0.05, 0) is 49.8 Å². The Bertz CT molecular complexity index is 359. The first-order valence-corrected chi connectivity index (χ1v) is 6.79. The summed E-state index contributed by atoms with van der Waals surface area (Å²) in [6.45, 7) is 4.57. The fourth-order valence-corrected chi connectivity index (χ4v) is 2.26. The first-order valence-electron chi connectivity index (χ1n) is 6.79. The average Bonchev–Trinajstić information content (AvgIpc) is 2.37. The van der Waals surface area contributed by atoms with Gasteiger partial charge in [0.05, 0.1) is 6.61 Å². The normalized spacial score (nSPS) is 18.6. The first-order chi connectivity index (χ1) is 8.74. The molecule has 100 valence electrons. The van der Waals surface area contributed by atoms with E-state index in [1.807, 2.05) is 19.1 Å². The zero-order valence-corrected chi connectivity index (χ0v) is 11.1. The average molecular weight is 249 g/mol. The van der Waals surface area contributed by atoms with Crippen LogP contribution in [0, 0.1) is 5.92 Å². The Labute approximate surface area is 109 Å². The molecule has 1 atom stereocenters. The quantitative estimate of drug-likeness (QED) is 0.871. The van der Waals surface area contributed by atoms with Crippen molar-refractivity contribution in [2.45, 2.75) is 32.2 Å². The van der Waals surface area contributed by atoms with Crippen molar-refractivity contribution >= 4 is 0 Å². The fraction of sp³-hybridized carbons (Fsp3) is 0.600. The zero-order valence-electron chi connectivity index (χ0n) is 11.1. The highest BCUT2D eigenvalue weighted by Gasteiger charge is 2.14. The van der Waals surface area contributed by atoms with Gasteiger partial charge in [-0.15, -0.1) is 0 Å². The molecule has 0 saturated carbocycles. The van der Waals surface area contributed by atoms with Crippen LogP contribution in [0.2, 0.25) is 0 Å². The van der Waals surface area contributed by atoms with Gasteiger partial charge < -0.3 is 15.2 Å². The van der Waals surface area contributed by atoms with Crippen LogP contribution in [-0.2, 0) is 11.2 Å². The molecule has 1 aromatic carbocycles. The maximum atomic E-state index is 5.87. The molecule has 3 nitrogen and oxygen atoms in total. The van der Waals surface area contributed by atoms with E-state index in [2.05, 4.69) is 12.1 Å². The van der Waals surface area contributed by atoms with Gasteiger partial charge in [0.1, 0.15) is 5.75 Å². The SMILES string of the molecule is CC(N)Cc1cccc(OCC2CCOCC2)c1. The minimum atomic E-state index is 0.191. The summed E-state index contributed by atoms with van der Waals surface area (Å²) in [5, 5.41) is 0. The highest BCUT2D eigenvalue weighted by molar-refractivity contribution is 5.29. The van der Waals surface area contributed by atoms with Crippen LogP contribution in [0.15, 0.2) is 24.3 Å². The number of hydrogen-bond donors (Lipinski definition) is 1. The molecule has 0 aliphatic carbocycles. The van der Waals surface area contributed by atoms with Crippen LogP contribution in [0.3, 0.4) is 0 Å². The molecule has 1 aliphatic heterocycles. The lowest BCUT2D eigenvalue weighted by Crippen LogP contribution is -2.21. The minimum absolute atomic E-state index is 0.191. The van der Waals surface area contributed by atoms with Crippen molar-refractivity contribution in [3.8, 4) is 5.75 Å². The summed E-state index contributed by atoms with van der Waals surface area (Å²) >= 11 is 0. The van der Waals surface area contributed by atoms with E-state index in [9.17, 15) is 0 Å². The molecular formula is C15H23NO2. The topological polar surface area (TPSA) is 44.5 Å². The second kappa shape index (κ2) is 6.76. The summed E-state index contributed by atoms with van der Waals surface area (Å²) in [5.74, 6) is 1.59. The summed E-state index contributed by atoms with van der Waals surface area (Å²) in [7, 11) is 0. The zero-order chi connectivity index (χ0) is 12.8. The third-order valence-electron chi connectivity index (χ3n) is 3.28. The van der Waals surface area contributed by atoms with E-state index in [-0.39, 0.29) is 6.04 Å². The number of benzene rings is 1. The van der Waals surface area contributed by atoms with Gasteiger partial charge in [-0.1, -0.05) is 12.1 Å². The van der Waals surface area contributed by atoms with Crippen LogP contribution < -0.4 is 10.5 Å². The molecule has 18 heavy (non-hydrogen) atoms. The predicted molar refractivity (Wildman–Crippen MR) is 72.8 cm³/mol. The Morgan fingerprint density at radius 1 is 1.39 bits per heavy atom. The van der Waals surface area contributed by atoms with Crippen LogP contribution in [0.5, 0.6) is 5.75 Å².